The molecule has 2 aromatic carbocycles. The van der Waals surface area contributed by atoms with Crippen LogP contribution >= 0.6 is 0 Å². The van der Waals surface area contributed by atoms with Crippen LogP contribution in [0.15, 0.2) is 48.5 Å². The summed E-state index contributed by atoms with van der Waals surface area (Å²) < 4.78 is 0. The van der Waals surface area contributed by atoms with Crippen LogP contribution in [0, 0.1) is 5.92 Å². The standard InChI is InChI=1S/C17H18/c1-2-6-14(5-1)9-10-15-11-12-16-7-3-4-8-17(16)13-15/h3-4,7-14H,1-2,5-6H2. The van der Waals surface area contributed by atoms with Crippen molar-refractivity contribution in [1.82, 2.24) is 0 Å². The molecule has 1 aliphatic carbocycles. The number of hydrogen-bond donors (Lipinski definition) is 0. The van der Waals surface area contributed by atoms with E-state index in [0.29, 0.717) is 0 Å². The molecule has 0 unspecified atom stereocenters. The molecule has 2 aromatic rings. The van der Waals surface area contributed by atoms with Crippen LogP contribution in [0.4, 0.5) is 0 Å². The molecule has 0 aliphatic heterocycles. The molecule has 0 atom stereocenters. The van der Waals surface area contributed by atoms with Crippen molar-refractivity contribution in [2.75, 3.05) is 0 Å². The topological polar surface area (TPSA) is 0 Å². The van der Waals surface area contributed by atoms with Crippen molar-refractivity contribution >= 4 is 16.8 Å². The Morgan fingerprint density at radius 2 is 1.65 bits per heavy atom. The third kappa shape index (κ3) is 2.41. The van der Waals surface area contributed by atoms with Gasteiger partial charge in [0.15, 0.2) is 0 Å². The van der Waals surface area contributed by atoms with Gasteiger partial charge in [0.2, 0.25) is 0 Å². The molecule has 0 saturated heterocycles. The second-order valence-electron chi connectivity index (χ2n) is 5.01. The van der Waals surface area contributed by atoms with Gasteiger partial charge >= 0.3 is 0 Å². The summed E-state index contributed by atoms with van der Waals surface area (Å²) in [7, 11) is 0. The summed E-state index contributed by atoms with van der Waals surface area (Å²) in [6.07, 6.45) is 10.3. The minimum Gasteiger partial charge on any atom is -0.0808 e. The number of rotatable bonds is 2. The second kappa shape index (κ2) is 4.75. The van der Waals surface area contributed by atoms with E-state index in [-0.39, 0.29) is 0 Å². The van der Waals surface area contributed by atoms with Gasteiger partial charge in [0, 0.05) is 0 Å². The second-order valence-corrected chi connectivity index (χ2v) is 5.01. The minimum atomic E-state index is 0.821. The van der Waals surface area contributed by atoms with Gasteiger partial charge in [-0.15, -0.1) is 0 Å². The third-order valence-corrected chi connectivity index (χ3v) is 3.73. The van der Waals surface area contributed by atoms with Crippen molar-refractivity contribution in [1.29, 1.82) is 0 Å². The van der Waals surface area contributed by atoms with Crippen LogP contribution in [0.1, 0.15) is 31.2 Å². The lowest BCUT2D eigenvalue weighted by Gasteiger charge is -2.02. The Morgan fingerprint density at radius 1 is 0.882 bits per heavy atom. The lowest BCUT2D eigenvalue weighted by atomic mass is 10.0. The molecule has 0 heteroatoms. The quantitative estimate of drug-likeness (QED) is 0.667. The van der Waals surface area contributed by atoms with Crippen LogP contribution in [0.2, 0.25) is 0 Å². The molecule has 0 heterocycles. The molecule has 3 rings (SSSR count). The summed E-state index contributed by atoms with van der Waals surface area (Å²) in [6.45, 7) is 0. The highest BCUT2D eigenvalue weighted by Crippen LogP contribution is 2.26. The maximum Gasteiger partial charge on any atom is -0.0178 e. The van der Waals surface area contributed by atoms with E-state index >= 15 is 0 Å². The Labute approximate surface area is 103 Å². The average molecular weight is 222 g/mol. The minimum absolute atomic E-state index is 0.821. The van der Waals surface area contributed by atoms with Crippen LogP contribution in [0.5, 0.6) is 0 Å². The Bertz CT molecular complexity index is 530. The molecule has 0 nitrogen and oxygen atoms in total. The molecule has 17 heavy (non-hydrogen) atoms. The van der Waals surface area contributed by atoms with Gasteiger partial charge < -0.3 is 0 Å². The van der Waals surface area contributed by atoms with Crippen LogP contribution in [-0.2, 0) is 0 Å². The maximum atomic E-state index is 2.40. The normalized spacial score (nSPS) is 17.2. The van der Waals surface area contributed by atoms with E-state index in [4.69, 9.17) is 0 Å². The number of fused-ring (bicyclic) bond motifs is 1. The van der Waals surface area contributed by atoms with Gasteiger partial charge in [-0.3, -0.25) is 0 Å². The first-order chi connectivity index (χ1) is 8.42. The summed E-state index contributed by atoms with van der Waals surface area (Å²) in [5, 5.41) is 2.66. The average Bonchev–Trinajstić information content (AvgIpc) is 2.89. The molecule has 0 aromatic heterocycles. The van der Waals surface area contributed by atoms with E-state index in [9.17, 15) is 0 Å². The van der Waals surface area contributed by atoms with E-state index in [1.165, 1.54) is 42.0 Å². The maximum absolute atomic E-state index is 2.40. The van der Waals surface area contributed by atoms with Gasteiger partial charge in [0.25, 0.3) is 0 Å². The molecule has 0 N–H and O–H groups in total. The van der Waals surface area contributed by atoms with Crippen LogP contribution in [0.25, 0.3) is 16.8 Å². The fourth-order valence-electron chi connectivity index (χ4n) is 2.71. The van der Waals surface area contributed by atoms with Gasteiger partial charge in [0.1, 0.15) is 0 Å². The highest BCUT2D eigenvalue weighted by Gasteiger charge is 2.10. The fourth-order valence-corrected chi connectivity index (χ4v) is 2.71. The smallest absolute Gasteiger partial charge is 0.0178 e. The Kier molecular flexibility index (Phi) is 2.96. The van der Waals surface area contributed by atoms with E-state index in [1.807, 2.05) is 0 Å². The first-order valence-electron chi connectivity index (χ1n) is 6.59. The third-order valence-electron chi connectivity index (χ3n) is 3.73. The largest absolute Gasteiger partial charge is 0.0808 e. The van der Waals surface area contributed by atoms with Crippen molar-refractivity contribution in [2.24, 2.45) is 5.92 Å². The molecule has 86 valence electrons. The fraction of sp³-hybridized carbons (Fsp3) is 0.294. The number of allylic oxidation sites excluding steroid dienone is 1. The molecule has 1 saturated carbocycles. The summed E-state index contributed by atoms with van der Waals surface area (Å²) in [6, 6.07) is 15.3. The molecule has 1 aliphatic rings. The van der Waals surface area contributed by atoms with E-state index in [0.717, 1.165) is 5.92 Å². The van der Waals surface area contributed by atoms with Crippen molar-refractivity contribution < 1.29 is 0 Å². The molecule has 0 amide bonds. The van der Waals surface area contributed by atoms with Gasteiger partial charge in [-0.2, -0.15) is 0 Å². The van der Waals surface area contributed by atoms with Crippen molar-refractivity contribution in [3.63, 3.8) is 0 Å². The highest BCUT2D eigenvalue weighted by atomic mass is 14.2. The summed E-state index contributed by atoms with van der Waals surface area (Å²) in [5.41, 5.74) is 1.33. The summed E-state index contributed by atoms with van der Waals surface area (Å²) in [5.74, 6) is 0.821. The zero-order valence-electron chi connectivity index (χ0n) is 10.1. The summed E-state index contributed by atoms with van der Waals surface area (Å²) >= 11 is 0. The van der Waals surface area contributed by atoms with Crippen molar-refractivity contribution in [3.05, 3.63) is 54.1 Å². The van der Waals surface area contributed by atoms with Crippen LogP contribution < -0.4 is 0 Å². The van der Waals surface area contributed by atoms with Crippen LogP contribution in [0.3, 0.4) is 0 Å². The Balaban J connectivity index is 1.85. The number of hydrogen-bond acceptors (Lipinski definition) is 0. The van der Waals surface area contributed by atoms with Crippen LogP contribution in [-0.4, -0.2) is 0 Å². The predicted molar refractivity (Wildman–Crippen MR) is 74.9 cm³/mol. The first-order valence-corrected chi connectivity index (χ1v) is 6.59. The van der Waals surface area contributed by atoms with E-state index < -0.39 is 0 Å². The Morgan fingerprint density at radius 3 is 2.47 bits per heavy atom. The lowest BCUT2D eigenvalue weighted by Crippen LogP contribution is -1.85. The lowest BCUT2D eigenvalue weighted by molar-refractivity contribution is 0.689. The zero-order chi connectivity index (χ0) is 11.5. The zero-order valence-corrected chi connectivity index (χ0v) is 10.1. The molecule has 0 bridgehead atoms. The Hall–Kier alpha value is -1.56. The van der Waals surface area contributed by atoms with Gasteiger partial charge in [0.05, 0.1) is 0 Å². The predicted octanol–water partition coefficient (Wildman–Crippen LogP) is 5.04. The van der Waals surface area contributed by atoms with E-state index in [2.05, 4.69) is 54.6 Å². The van der Waals surface area contributed by atoms with Crippen molar-refractivity contribution in [3.8, 4) is 0 Å². The first kappa shape index (κ1) is 10.6. The van der Waals surface area contributed by atoms with Crippen molar-refractivity contribution in [2.45, 2.75) is 25.7 Å². The summed E-state index contributed by atoms with van der Waals surface area (Å²) in [4.78, 5) is 0. The molecular formula is C17H18. The highest BCUT2D eigenvalue weighted by molar-refractivity contribution is 5.84. The van der Waals surface area contributed by atoms with Gasteiger partial charge in [-0.1, -0.05) is 61.4 Å². The number of benzene rings is 2. The van der Waals surface area contributed by atoms with Gasteiger partial charge in [-0.05, 0) is 41.2 Å². The van der Waals surface area contributed by atoms with Gasteiger partial charge in [-0.25, -0.2) is 0 Å². The van der Waals surface area contributed by atoms with E-state index in [1.54, 1.807) is 0 Å². The monoisotopic (exact) mass is 222 g/mol. The molecular weight excluding hydrogens is 204 g/mol. The molecule has 0 radical (unpaired) electrons. The molecule has 0 spiro atoms. The SMILES string of the molecule is C(=CC1CCCC1)c1ccc2ccccc2c1. The molecule has 1 fully saturated rings.